The highest BCUT2D eigenvalue weighted by molar-refractivity contribution is 5.92. The number of aromatic nitrogens is 2. The fourth-order valence-electron chi connectivity index (χ4n) is 7.37. The lowest BCUT2D eigenvalue weighted by Crippen LogP contribution is -2.52. The van der Waals surface area contributed by atoms with E-state index in [0.717, 1.165) is 18.9 Å². The fourth-order valence-corrected chi connectivity index (χ4v) is 7.37. The summed E-state index contributed by atoms with van der Waals surface area (Å²) in [4.78, 5) is 73.3. The first kappa shape index (κ1) is 34.3. The molecule has 16 heteroatoms. The quantitative estimate of drug-likeness (QED) is 0.318. The highest BCUT2D eigenvalue weighted by Crippen LogP contribution is 2.38. The number of anilines is 3. The molecule has 2 aromatic heterocycles. The third kappa shape index (κ3) is 6.59. The standard InChI is InChI=1S/C35H39F2N7O7/c1-19(45)2-6-23-16-44(35(50)51-23)22-5-7-29(27(36)12-22)40-8-10-41(11-9-40)33(47)25-17-42(15-20(25)14-38)32-28(37)13-24-30(46)26(34(48)49)18-43(21-3-4-21)31(24)39-32/h5,7,12-13,18,20-21,23,25H,2-4,6,8-11,14-17,38H2,1H3,(H,48,49)/t20-,23+,25-/m1/s1. The van der Waals surface area contributed by atoms with Gasteiger partial charge in [-0.2, -0.15) is 0 Å². The number of aromatic carboxylic acids is 1. The number of fused-ring (bicyclic) bond motifs is 1. The van der Waals surface area contributed by atoms with E-state index >= 15 is 8.78 Å². The molecule has 270 valence electrons. The summed E-state index contributed by atoms with van der Waals surface area (Å²) < 4.78 is 38.0. The second-order valence-electron chi connectivity index (χ2n) is 13.8. The summed E-state index contributed by atoms with van der Waals surface area (Å²) >= 11 is 0. The Morgan fingerprint density at radius 1 is 1.00 bits per heavy atom. The van der Waals surface area contributed by atoms with Crippen LogP contribution in [0.4, 0.5) is 30.8 Å². The molecule has 1 aliphatic carbocycles. The van der Waals surface area contributed by atoms with Crippen LogP contribution >= 0.6 is 0 Å². The van der Waals surface area contributed by atoms with Crippen molar-refractivity contribution in [2.45, 2.75) is 44.8 Å². The Hall–Kier alpha value is -5.12. The molecular weight excluding hydrogens is 668 g/mol. The number of hydrogen-bond donors (Lipinski definition) is 2. The summed E-state index contributed by atoms with van der Waals surface area (Å²) in [6.45, 7) is 3.68. The Bertz CT molecular complexity index is 1980. The van der Waals surface area contributed by atoms with E-state index in [1.807, 2.05) is 4.90 Å². The first-order valence-electron chi connectivity index (χ1n) is 17.2. The number of rotatable bonds is 10. The number of halogens is 2. The Balaban J connectivity index is 1.02. The minimum atomic E-state index is -1.39. The number of Topliss-reactive ketones (excluding diaryl/α,β-unsaturated/α-hetero) is 1. The van der Waals surface area contributed by atoms with Gasteiger partial charge in [0, 0.05) is 63.8 Å². The number of carbonyl (C=O) groups excluding carboxylic acids is 3. The number of nitrogens with zero attached hydrogens (tertiary/aromatic N) is 6. The molecule has 4 fully saturated rings. The number of hydrogen-bond acceptors (Lipinski definition) is 10. The van der Waals surface area contributed by atoms with E-state index in [1.165, 1.54) is 24.1 Å². The van der Waals surface area contributed by atoms with Gasteiger partial charge in [-0.1, -0.05) is 0 Å². The highest BCUT2D eigenvalue weighted by Gasteiger charge is 2.41. The molecule has 0 unspecified atom stereocenters. The summed E-state index contributed by atoms with van der Waals surface area (Å²) in [5.74, 6) is -3.70. The van der Waals surface area contributed by atoms with Gasteiger partial charge < -0.3 is 39.6 Å². The molecule has 3 aliphatic heterocycles. The third-order valence-electron chi connectivity index (χ3n) is 10.3. The molecule has 5 heterocycles. The van der Waals surface area contributed by atoms with Crippen LogP contribution in [0.15, 0.2) is 35.3 Å². The Morgan fingerprint density at radius 2 is 1.75 bits per heavy atom. The Morgan fingerprint density at radius 3 is 2.39 bits per heavy atom. The zero-order chi connectivity index (χ0) is 36.1. The second-order valence-corrected chi connectivity index (χ2v) is 13.8. The van der Waals surface area contributed by atoms with E-state index in [1.54, 1.807) is 26.5 Å². The van der Waals surface area contributed by atoms with Crippen molar-refractivity contribution < 1.29 is 37.8 Å². The molecular formula is C35H39F2N7O7. The molecule has 0 spiro atoms. The van der Waals surface area contributed by atoms with Crippen LogP contribution in [0.1, 0.15) is 49.0 Å². The van der Waals surface area contributed by atoms with E-state index in [0.29, 0.717) is 50.4 Å². The number of cyclic esters (lactones) is 1. The van der Waals surface area contributed by atoms with E-state index in [2.05, 4.69) is 4.98 Å². The van der Waals surface area contributed by atoms with E-state index in [-0.39, 0.29) is 66.7 Å². The van der Waals surface area contributed by atoms with Gasteiger partial charge in [-0.3, -0.25) is 14.5 Å². The maximum atomic E-state index is 15.6. The van der Waals surface area contributed by atoms with Crippen molar-refractivity contribution in [3.63, 3.8) is 0 Å². The van der Waals surface area contributed by atoms with Gasteiger partial charge in [-0.05, 0) is 57.0 Å². The largest absolute Gasteiger partial charge is 0.477 e. The first-order valence-corrected chi connectivity index (χ1v) is 17.2. The predicted molar refractivity (Wildman–Crippen MR) is 182 cm³/mol. The van der Waals surface area contributed by atoms with E-state index < -0.39 is 46.7 Å². The van der Waals surface area contributed by atoms with Crippen molar-refractivity contribution in [1.29, 1.82) is 0 Å². The summed E-state index contributed by atoms with van der Waals surface area (Å²) in [6.07, 6.45) is 2.51. The average Bonchev–Trinajstić information content (AvgIpc) is 3.75. The molecule has 51 heavy (non-hydrogen) atoms. The molecule has 0 radical (unpaired) electrons. The van der Waals surface area contributed by atoms with Gasteiger partial charge in [0.2, 0.25) is 11.3 Å². The monoisotopic (exact) mass is 707 g/mol. The van der Waals surface area contributed by atoms with Gasteiger partial charge in [-0.15, -0.1) is 0 Å². The van der Waals surface area contributed by atoms with Gasteiger partial charge in [0.1, 0.15) is 28.9 Å². The van der Waals surface area contributed by atoms with Crippen LogP contribution < -0.4 is 25.9 Å². The normalized spacial score (nSPS) is 22.2. The SMILES string of the molecule is CC(=O)CC[C@H]1CN(c2ccc(N3CCN(C(=O)[C@@H]4CN(c5nc6c(cc5F)c(=O)c(C(=O)O)cn6C5CC5)C[C@H]4CN)CC3)c(F)c2)C(=O)O1. The molecule has 3 saturated heterocycles. The maximum absolute atomic E-state index is 15.6. The van der Waals surface area contributed by atoms with Crippen molar-refractivity contribution in [2.75, 3.05) is 67.1 Å². The number of pyridine rings is 2. The molecule has 7 rings (SSSR count). The minimum Gasteiger partial charge on any atom is -0.477 e. The number of benzene rings is 1. The molecule has 14 nitrogen and oxygen atoms in total. The number of ether oxygens (including phenoxy) is 1. The number of ketones is 1. The van der Waals surface area contributed by atoms with Gasteiger partial charge >= 0.3 is 12.1 Å². The van der Waals surface area contributed by atoms with Crippen LogP contribution in [-0.4, -0.2) is 102 Å². The third-order valence-corrected chi connectivity index (χ3v) is 10.3. The Kier molecular flexibility index (Phi) is 9.12. The van der Waals surface area contributed by atoms with Crippen LogP contribution in [0.25, 0.3) is 11.0 Å². The van der Waals surface area contributed by atoms with Gasteiger partial charge in [0.15, 0.2) is 11.6 Å². The zero-order valence-corrected chi connectivity index (χ0v) is 28.1. The van der Waals surface area contributed by atoms with Crippen molar-refractivity contribution in [1.82, 2.24) is 14.5 Å². The van der Waals surface area contributed by atoms with Crippen LogP contribution in [0.3, 0.4) is 0 Å². The number of carboxylic acid groups (broad SMARTS) is 1. The number of nitrogens with two attached hydrogens (primary N) is 1. The predicted octanol–water partition coefficient (Wildman–Crippen LogP) is 2.76. The number of piperazine rings is 1. The summed E-state index contributed by atoms with van der Waals surface area (Å²) in [5.41, 5.74) is 5.77. The smallest absolute Gasteiger partial charge is 0.414 e. The first-order chi connectivity index (χ1) is 24.4. The molecule has 4 aliphatic rings. The molecule has 3 aromatic rings. The molecule has 2 amide bonds. The lowest BCUT2D eigenvalue weighted by atomic mass is 9.94. The van der Waals surface area contributed by atoms with Gasteiger partial charge in [0.25, 0.3) is 0 Å². The fraction of sp³-hybridized carbons (Fsp3) is 0.486. The maximum Gasteiger partial charge on any atom is 0.414 e. The van der Waals surface area contributed by atoms with Crippen LogP contribution in [0.2, 0.25) is 0 Å². The highest BCUT2D eigenvalue weighted by atomic mass is 19.1. The van der Waals surface area contributed by atoms with Crippen molar-refractivity contribution in [3.05, 3.63) is 57.9 Å². The molecule has 0 bridgehead atoms. The van der Waals surface area contributed by atoms with Crippen molar-refractivity contribution in [2.24, 2.45) is 17.6 Å². The van der Waals surface area contributed by atoms with Crippen molar-refractivity contribution in [3.8, 4) is 0 Å². The second kappa shape index (κ2) is 13.5. The minimum absolute atomic E-state index is 0.00183. The number of amides is 2. The van der Waals surface area contributed by atoms with Crippen LogP contribution in [-0.2, 0) is 14.3 Å². The van der Waals surface area contributed by atoms with Crippen LogP contribution in [0.5, 0.6) is 0 Å². The van der Waals surface area contributed by atoms with Crippen LogP contribution in [0, 0.1) is 23.5 Å². The Labute approximate surface area is 291 Å². The van der Waals surface area contributed by atoms with E-state index in [9.17, 15) is 29.1 Å². The lowest BCUT2D eigenvalue weighted by Gasteiger charge is -2.38. The van der Waals surface area contributed by atoms with E-state index in [4.69, 9.17) is 10.5 Å². The molecule has 1 saturated carbocycles. The molecule has 3 atom stereocenters. The number of carbonyl (C=O) groups is 4. The molecule has 1 aromatic carbocycles. The average molecular weight is 708 g/mol. The van der Waals surface area contributed by atoms with Crippen molar-refractivity contribution >= 4 is 52.0 Å². The summed E-state index contributed by atoms with van der Waals surface area (Å²) in [7, 11) is 0. The zero-order valence-electron chi connectivity index (χ0n) is 28.1. The molecule has 3 N–H and O–H groups in total. The lowest BCUT2D eigenvalue weighted by molar-refractivity contribution is -0.136. The van der Waals surface area contributed by atoms with Gasteiger partial charge in [-0.25, -0.2) is 23.4 Å². The summed E-state index contributed by atoms with van der Waals surface area (Å²) in [5, 5.41) is 9.43. The summed E-state index contributed by atoms with van der Waals surface area (Å²) in [6, 6.07) is 5.54. The topological polar surface area (TPSA) is 172 Å². The number of carboxylic acids is 1. The van der Waals surface area contributed by atoms with Gasteiger partial charge in [0.05, 0.1) is 29.2 Å².